The molecule has 0 bridgehead atoms. The van der Waals surface area contributed by atoms with Gasteiger partial charge < -0.3 is 30.6 Å². The molecule has 0 saturated carbocycles. The molecule has 26 heavy (non-hydrogen) atoms. The minimum atomic E-state index is -2.69. The Morgan fingerprint density at radius 3 is 1.27 bits per heavy atom. The number of rotatable bonds is 12. The molecule has 144 valence electrons. The van der Waals surface area contributed by atoms with Gasteiger partial charge in [0.25, 0.3) is 0 Å². The molecule has 0 spiro atoms. The normalized spacial score (nSPS) is 16.6. The average Bonchev–Trinajstić information content (AvgIpc) is 2.46. The molecule has 0 saturated heterocycles. The topological polar surface area (TPSA) is 241 Å². The largest absolute Gasteiger partial charge is 0.481 e. The predicted molar refractivity (Wildman–Crippen MR) is 75.8 cm³/mol. The lowest BCUT2D eigenvalue weighted by molar-refractivity contribution is -0.170. The third kappa shape index (κ3) is 5.48. The van der Waals surface area contributed by atoms with Crippen molar-refractivity contribution in [3.63, 3.8) is 0 Å². The summed E-state index contributed by atoms with van der Waals surface area (Å²) in [6.07, 6.45) is -1.37. The molecule has 0 amide bonds. The van der Waals surface area contributed by atoms with E-state index in [1.54, 1.807) is 0 Å². The molecule has 0 radical (unpaired) electrons. The summed E-state index contributed by atoms with van der Waals surface area (Å²) >= 11 is 0. The molecule has 14 heteroatoms. The summed E-state index contributed by atoms with van der Waals surface area (Å²) in [6, 6.07) is 0. The number of hydrogen-bond donors (Lipinski definition) is 6. The monoisotopic (exact) mass is 396 g/mol. The summed E-state index contributed by atoms with van der Waals surface area (Å²) in [4.78, 5) is 67.3. The van der Waals surface area contributed by atoms with Gasteiger partial charge in [-0.2, -0.15) is 0 Å². The fourth-order valence-corrected chi connectivity index (χ4v) is 2.95. The molecule has 0 heterocycles. The van der Waals surface area contributed by atoms with E-state index in [-0.39, 0.29) is 0 Å². The van der Waals surface area contributed by atoms with Gasteiger partial charge in [0.05, 0.1) is 30.1 Å². The first-order chi connectivity index (χ1) is 11.9. The van der Waals surface area contributed by atoms with Gasteiger partial charge >= 0.3 is 35.8 Å². The van der Waals surface area contributed by atoms with E-state index >= 15 is 0 Å². The molecule has 0 aromatic carbocycles. The van der Waals surface area contributed by atoms with E-state index in [0.717, 1.165) is 0 Å². The lowest BCUT2D eigenvalue weighted by Crippen LogP contribution is -2.49. The molecule has 0 aliphatic rings. The molecule has 0 aromatic rings. The van der Waals surface area contributed by atoms with E-state index in [9.17, 15) is 43.5 Å². The first-order valence-corrected chi connectivity index (χ1v) is 7.43. The fourth-order valence-electron chi connectivity index (χ4n) is 2.41. The smallest absolute Gasteiger partial charge is 0.319 e. The fraction of sp³-hybridized carbons (Fsp3) is 0.500. The second kappa shape index (κ2) is 9.42. The maximum atomic E-state index is 11.5. The van der Waals surface area contributed by atoms with Crippen molar-refractivity contribution in [3.8, 4) is 0 Å². The molecule has 6 N–H and O–H groups in total. The van der Waals surface area contributed by atoms with Crippen LogP contribution in [0.4, 0.5) is 0 Å². The average molecular weight is 396 g/mol. The van der Waals surface area contributed by atoms with E-state index in [2.05, 4.69) is 0 Å². The summed E-state index contributed by atoms with van der Waals surface area (Å²) in [5.41, 5.74) is -2.41. The first-order valence-electron chi connectivity index (χ1n) is 6.55. The van der Waals surface area contributed by atoms with E-state index < -0.39 is 80.0 Å². The van der Waals surface area contributed by atoms with E-state index in [4.69, 9.17) is 20.4 Å². The van der Waals surface area contributed by atoms with Gasteiger partial charge in [0.15, 0.2) is 14.1 Å². The zero-order valence-electron chi connectivity index (χ0n) is 12.6. The number of hydrogen-bond acceptors (Lipinski definition) is 7. The number of carboxylic acid groups (broad SMARTS) is 6. The van der Waals surface area contributed by atoms with Crippen LogP contribution in [0, 0.1) is 23.7 Å². The molecular formula is C12H13O13P. The number of aliphatic carboxylic acids is 6. The van der Waals surface area contributed by atoms with Crippen LogP contribution < -0.4 is 0 Å². The summed E-state index contributed by atoms with van der Waals surface area (Å²) in [5, 5.41) is 54.3. The number of carbonyl (C=O) groups is 6. The van der Waals surface area contributed by atoms with Crippen LogP contribution in [0.1, 0.15) is 6.42 Å². The molecule has 0 aliphatic carbocycles. The summed E-state index contributed by atoms with van der Waals surface area (Å²) < 4.78 is 11.0. The van der Waals surface area contributed by atoms with Crippen LogP contribution >= 0.6 is 8.46 Å². The van der Waals surface area contributed by atoms with Crippen LogP contribution in [-0.4, -0.2) is 72.1 Å². The summed E-state index contributed by atoms with van der Waals surface area (Å²) in [6.45, 7) is 0. The van der Waals surface area contributed by atoms with Gasteiger partial charge in [-0.05, 0) is 0 Å². The van der Waals surface area contributed by atoms with Gasteiger partial charge in [-0.3, -0.25) is 33.3 Å². The highest BCUT2D eigenvalue weighted by Gasteiger charge is 2.53. The number of carboxylic acids is 6. The predicted octanol–water partition coefficient (Wildman–Crippen LogP) is -0.991. The summed E-state index contributed by atoms with van der Waals surface area (Å²) in [7, 11) is -1.36. The standard InChI is InChI=1S/C12H13O13P/c13-3(14)1-2(8(15)16)4(9(17)18)5(10(19)20)6(11(21)22)7(26-25)12(23)24/h2,4-7H,1H2,(H,13,14)(H,15,16)(H,17,18)(H,19,20)(H,21,22)(H,23,24). The van der Waals surface area contributed by atoms with Crippen LogP contribution in [0.25, 0.3) is 0 Å². The van der Waals surface area contributed by atoms with Crippen LogP contribution in [-0.2, 0) is 33.3 Å². The highest BCUT2D eigenvalue weighted by molar-refractivity contribution is 7.26. The Hall–Kier alpha value is -3.08. The molecule has 0 aliphatic heterocycles. The van der Waals surface area contributed by atoms with Crippen molar-refractivity contribution < 1.29 is 64.0 Å². The molecule has 5 unspecified atom stereocenters. The minimum absolute atomic E-state index is 1.36. The van der Waals surface area contributed by atoms with Gasteiger partial charge in [-0.1, -0.05) is 0 Å². The zero-order chi connectivity index (χ0) is 20.8. The highest BCUT2D eigenvalue weighted by Crippen LogP contribution is 2.36. The maximum absolute atomic E-state index is 11.5. The van der Waals surface area contributed by atoms with Gasteiger partial charge in [-0.25, -0.2) is 0 Å². The zero-order valence-corrected chi connectivity index (χ0v) is 13.5. The van der Waals surface area contributed by atoms with Crippen molar-refractivity contribution in [2.24, 2.45) is 23.7 Å². The van der Waals surface area contributed by atoms with Gasteiger partial charge in [0.2, 0.25) is 0 Å². The Kier molecular flexibility index (Phi) is 8.30. The van der Waals surface area contributed by atoms with Crippen LogP contribution in [0.15, 0.2) is 0 Å². The van der Waals surface area contributed by atoms with E-state index in [1.807, 2.05) is 0 Å². The molecule has 0 aromatic heterocycles. The highest BCUT2D eigenvalue weighted by atomic mass is 31.1. The van der Waals surface area contributed by atoms with Crippen LogP contribution in [0.3, 0.4) is 0 Å². The molecule has 0 rings (SSSR count). The van der Waals surface area contributed by atoms with Gasteiger partial charge in [-0.15, -0.1) is 0 Å². The quantitative estimate of drug-likeness (QED) is 0.217. The lowest BCUT2D eigenvalue weighted by atomic mass is 9.72. The lowest BCUT2D eigenvalue weighted by Gasteiger charge is -2.30. The van der Waals surface area contributed by atoms with Crippen molar-refractivity contribution in [2.45, 2.75) is 12.1 Å². The van der Waals surface area contributed by atoms with E-state index in [1.165, 1.54) is 0 Å². The molecule has 5 atom stereocenters. The minimum Gasteiger partial charge on any atom is -0.481 e. The molecule has 0 fully saturated rings. The Balaban J connectivity index is 6.51. The van der Waals surface area contributed by atoms with Gasteiger partial charge in [0, 0.05) is 0 Å². The van der Waals surface area contributed by atoms with E-state index in [0.29, 0.717) is 0 Å². The Bertz CT molecular complexity index is 641. The maximum Gasteiger partial charge on any atom is 0.319 e. The van der Waals surface area contributed by atoms with Crippen molar-refractivity contribution >= 4 is 44.3 Å². The SMILES string of the molecule is O=PC(C(=O)O)C(C(=O)O)C(C(=O)O)C(C(=O)O)C(CC(=O)O)C(=O)O. The Morgan fingerprint density at radius 1 is 0.615 bits per heavy atom. The third-order valence-electron chi connectivity index (χ3n) is 3.48. The first kappa shape index (κ1) is 22.9. The molecular weight excluding hydrogens is 383 g/mol. The Morgan fingerprint density at radius 2 is 1.04 bits per heavy atom. The van der Waals surface area contributed by atoms with Crippen molar-refractivity contribution in [1.29, 1.82) is 0 Å². The second-order valence-electron chi connectivity index (χ2n) is 5.02. The Labute approximate surface area is 145 Å². The van der Waals surface area contributed by atoms with Crippen molar-refractivity contribution in [2.75, 3.05) is 0 Å². The summed E-state index contributed by atoms with van der Waals surface area (Å²) in [5.74, 6) is -22.7. The third-order valence-corrected chi connectivity index (χ3v) is 4.25. The molecule has 13 nitrogen and oxygen atoms in total. The van der Waals surface area contributed by atoms with Crippen molar-refractivity contribution in [3.05, 3.63) is 0 Å². The van der Waals surface area contributed by atoms with Gasteiger partial charge in [0.1, 0.15) is 0 Å². The second-order valence-corrected chi connectivity index (χ2v) is 5.79. The van der Waals surface area contributed by atoms with Crippen LogP contribution in [0.5, 0.6) is 0 Å². The van der Waals surface area contributed by atoms with Crippen LogP contribution in [0.2, 0.25) is 0 Å². The van der Waals surface area contributed by atoms with Crippen molar-refractivity contribution in [1.82, 2.24) is 0 Å².